The van der Waals surface area contributed by atoms with E-state index in [-0.39, 0.29) is 5.41 Å². The van der Waals surface area contributed by atoms with E-state index in [9.17, 15) is 0 Å². The predicted octanol–water partition coefficient (Wildman–Crippen LogP) is 17.4. The average molecular weight is 890 g/mol. The lowest BCUT2D eigenvalue weighted by Gasteiger charge is -2.51. The first-order valence-electron chi connectivity index (χ1n) is 25.7. The Morgan fingerprint density at radius 1 is 0.391 bits per heavy atom. The highest BCUT2D eigenvalue weighted by Gasteiger charge is 2.49. The van der Waals surface area contributed by atoms with Crippen LogP contribution in [0.2, 0.25) is 0 Å². The van der Waals surface area contributed by atoms with Crippen LogP contribution >= 0.6 is 0 Å². The monoisotopic (exact) mass is 889 g/mol. The van der Waals surface area contributed by atoms with Crippen molar-refractivity contribution >= 4 is 17.1 Å². The van der Waals surface area contributed by atoms with Crippen LogP contribution in [0.5, 0.6) is 0 Å². The van der Waals surface area contributed by atoms with Gasteiger partial charge in [0.25, 0.3) is 0 Å². The molecule has 0 radical (unpaired) electrons. The number of hydrogen-bond donors (Lipinski definition) is 0. The van der Waals surface area contributed by atoms with Crippen LogP contribution in [0.4, 0.5) is 17.1 Å². The number of rotatable bonds is 9. The van der Waals surface area contributed by atoms with Crippen LogP contribution < -0.4 is 4.90 Å². The van der Waals surface area contributed by atoms with Crippen molar-refractivity contribution in [3.05, 3.63) is 281 Å². The van der Waals surface area contributed by atoms with Crippen molar-refractivity contribution in [2.24, 2.45) is 17.8 Å². The normalized spacial score (nSPS) is 21.1. The fourth-order valence-corrected chi connectivity index (χ4v) is 14.7. The van der Waals surface area contributed by atoms with Gasteiger partial charge in [0.1, 0.15) is 0 Å². The molecule has 0 heterocycles. The molecule has 0 N–H and O–H groups in total. The summed E-state index contributed by atoms with van der Waals surface area (Å²) in [5, 5.41) is 0. The second-order valence-electron chi connectivity index (χ2n) is 20.8. The van der Waals surface area contributed by atoms with Crippen molar-refractivity contribution in [1.82, 2.24) is 0 Å². The van der Waals surface area contributed by atoms with Gasteiger partial charge < -0.3 is 4.90 Å². The van der Waals surface area contributed by atoms with Gasteiger partial charge in [0.2, 0.25) is 0 Å². The van der Waals surface area contributed by atoms with E-state index in [2.05, 4.69) is 249 Å². The maximum absolute atomic E-state index is 2.58. The van der Waals surface area contributed by atoms with E-state index in [4.69, 9.17) is 0 Å². The highest BCUT2D eigenvalue weighted by atomic mass is 15.1. The SMILES string of the molecule is CCC1(c2cccc(N(c3ccc(C4(c5ccccc5)c5ccccc5-c5ccccc54)cc3)c3ccc(C4(c5ccccc5)c5ccccc5-c5ccccc54)cc3)c2)CCC2CC(C)CC1C2. The molecule has 4 unspecified atom stereocenters. The van der Waals surface area contributed by atoms with Gasteiger partial charge in [-0.15, -0.1) is 0 Å². The summed E-state index contributed by atoms with van der Waals surface area (Å²) in [6.07, 6.45) is 7.93. The standard InChI is InChI=1S/C68H59N/c1-3-66(42-41-48-43-47(2)44-54(66)45-48)53-23-18-24-57(46-53)69(55-37-33-51(34-38-55)67(49-19-6-4-7-20-49)62-29-14-10-25-58(62)59-26-11-15-30-63(59)67)56-39-35-52(36-40-56)68(50-21-8-5-9-22-50)64-31-16-12-27-60(64)61-28-13-17-32-65(61)68/h4-40,46-48,54H,3,41-45H2,1-2H3. The van der Waals surface area contributed by atoms with Gasteiger partial charge in [-0.1, -0.05) is 208 Å². The van der Waals surface area contributed by atoms with Gasteiger partial charge in [0.15, 0.2) is 0 Å². The Kier molecular flexibility index (Phi) is 10.0. The molecule has 4 aliphatic carbocycles. The highest BCUT2D eigenvalue weighted by molar-refractivity contribution is 5.88. The summed E-state index contributed by atoms with van der Waals surface area (Å²) in [6, 6.07) is 87.5. The summed E-state index contributed by atoms with van der Waals surface area (Å²) >= 11 is 0. The van der Waals surface area contributed by atoms with Gasteiger partial charge in [-0.05, 0) is 170 Å². The minimum Gasteiger partial charge on any atom is -0.310 e. The molecule has 1 nitrogen and oxygen atoms in total. The van der Waals surface area contributed by atoms with Crippen LogP contribution in [0.3, 0.4) is 0 Å². The van der Waals surface area contributed by atoms with Crippen molar-refractivity contribution in [2.75, 3.05) is 4.90 Å². The molecule has 4 atom stereocenters. The Bertz CT molecular complexity index is 3050. The summed E-state index contributed by atoms with van der Waals surface area (Å²) in [5.74, 6) is 2.41. The molecule has 0 spiro atoms. The van der Waals surface area contributed by atoms with Crippen LogP contribution in [0.15, 0.2) is 231 Å². The molecule has 2 fully saturated rings. The Balaban J connectivity index is 0.988. The number of nitrogens with zero attached hydrogens (tertiary/aromatic N) is 1. The van der Waals surface area contributed by atoms with Crippen LogP contribution in [-0.2, 0) is 16.2 Å². The second kappa shape index (κ2) is 16.5. The first-order chi connectivity index (χ1) is 34.0. The van der Waals surface area contributed by atoms with E-state index in [0.717, 1.165) is 29.1 Å². The zero-order chi connectivity index (χ0) is 46.2. The fourth-order valence-electron chi connectivity index (χ4n) is 14.7. The highest BCUT2D eigenvalue weighted by Crippen LogP contribution is 2.59. The van der Waals surface area contributed by atoms with Crippen molar-refractivity contribution in [1.29, 1.82) is 0 Å². The van der Waals surface area contributed by atoms with Gasteiger partial charge in [0.05, 0.1) is 10.8 Å². The van der Waals surface area contributed by atoms with Crippen molar-refractivity contribution < 1.29 is 0 Å². The van der Waals surface area contributed by atoms with Crippen LogP contribution in [0.25, 0.3) is 22.3 Å². The van der Waals surface area contributed by atoms with Crippen LogP contribution in [0, 0.1) is 17.8 Å². The zero-order valence-corrected chi connectivity index (χ0v) is 39.9. The molecule has 336 valence electrons. The third kappa shape index (κ3) is 6.22. The lowest BCUT2D eigenvalue weighted by atomic mass is 9.53. The molecule has 9 aromatic carbocycles. The van der Waals surface area contributed by atoms with Crippen LogP contribution in [-0.4, -0.2) is 0 Å². The summed E-state index contributed by atoms with van der Waals surface area (Å²) in [5.41, 5.74) is 20.0. The molecule has 1 heteroatoms. The summed E-state index contributed by atoms with van der Waals surface area (Å²) < 4.78 is 0. The molecule has 0 amide bonds. The molecular weight excluding hydrogens is 831 g/mol. The molecule has 69 heavy (non-hydrogen) atoms. The average Bonchev–Trinajstić information content (AvgIpc) is 3.89. The lowest BCUT2D eigenvalue weighted by Crippen LogP contribution is -2.44. The molecule has 2 saturated carbocycles. The molecule has 4 aliphatic rings. The molecule has 13 rings (SSSR count). The lowest BCUT2D eigenvalue weighted by molar-refractivity contribution is 0.0583. The molecular formula is C68H59N. The molecule has 2 bridgehead atoms. The van der Waals surface area contributed by atoms with Crippen molar-refractivity contribution in [3.63, 3.8) is 0 Å². The zero-order valence-electron chi connectivity index (χ0n) is 39.9. The Labute approximate surface area is 409 Å². The van der Waals surface area contributed by atoms with Crippen molar-refractivity contribution in [2.45, 2.75) is 68.6 Å². The van der Waals surface area contributed by atoms with Gasteiger partial charge in [0, 0.05) is 17.1 Å². The maximum Gasteiger partial charge on any atom is 0.0713 e. The van der Waals surface area contributed by atoms with E-state index < -0.39 is 10.8 Å². The van der Waals surface area contributed by atoms with Gasteiger partial charge >= 0.3 is 0 Å². The summed E-state index contributed by atoms with van der Waals surface area (Å²) in [4.78, 5) is 2.53. The quantitative estimate of drug-likeness (QED) is 0.140. The fraction of sp³-hybridized carbons (Fsp3) is 0.206. The van der Waals surface area contributed by atoms with Gasteiger partial charge in [-0.2, -0.15) is 0 Å². The first-order valence-corrected chi connectivity index (χ1v) is 25.7. The molecule has 0 saturated heterocycles. The Morgan fingerprint density at radius 3 is 1.25 bits per heavy atom. The number of fused-ring (bicyclic) bond motifs is 8. The second-order valence-corrected chi connectivity index (χ2v) is 20.8. The molecule has 0 aliphatic heterocycles. The minimum absolute atomic E-state index is 0.192. The van der Waals surface area contributed by atoms with Crippen LogP contribution in [0.1, 0.15) is 102 Å². The van der Waals surface area contributed by atoms with Gasteiger partial charge in [-0.3, -0.25) is 0 Å². The topological polar surface area (TPSA) is 3.24 Å². The molecule has 9 aromatic rings. The summed E-state index contributed by atoms with van der Waals surface area (Å²) in [7, 11) is 0. The Morgan fingerprint density at radius 2 is 0.797 bits per heavy atom. The number of benzene rings is 9. The minimum atomic E-state index is -0.456. The van der Waals surface area contributed by atoms with E-state index >= 15 is 0 Å². The first kappa shape index (κ1) is 41.9. The largest absolute Gasteiger partial charge is 0.310 e. The predicted molar refractivity (Wildman–Crippen MR) is 287 cm³/mol. The third-order valence-electron chi connectivity index (χ3n) is 17.6. The molecule has 0 aromatic heterocycles. The van der Waals surface area contributed by atoms with E-state index in [1.54, 1.807) is 0 Å². The van der Waals surface area contributed by atoms with E-state index in [0.29, 0.717) is 0 Å². The Hall–Kier alpha value is -7.22. The number of hydrogen-bond acceptors (Lipinski definition) is 1. The van der Waals surface area contributed by atoms with E-state index in [1.807, 2.05) is 0 Å². The van der Waals surface area contributed by atoms with E-state index in [1.165, 1.54) is 117 Å². The maximum atomic E-state index is 2.58. The smallest absolute Gasteiger partial charge is 0.0713 e. The van der Waals surface area contributed by atoms with Crippen molar-refractivity contribution in [3.8, 4) is 22.3 Å². The summed E-state index contributed by atoms with van der Waals surface area (Å²) in [6.45, 7) is 4.97. The number of anilines is 3. The van der Waals surface area contributed by atoms with Gasteiger partial charge in [-0.25, -0.2) is 0 Å². The third-order valence-corrected chi connectivity index (χ3v) is 17.6.